The Morgan fingerprint density at radius 3 is 1.04 bits per heavy atom. The van der Waals surface area contributed by atoms with Crippen LogP contribution in [0.1, 0.15) is 156 Å². The minimum atomic E-state index is -2.57. The zero-order valence-electron chi connectivity index (χ0n) is 35.6. The number of hydrogen-bond acceptors (Lipinski definition) is 0. The van der Waals surface area contributed by atoms with Crippen molar-refractivity contribution >= 4 is 12.2 Å². The van der Waals surface area contributed by atoms with E-state index in [1.165, 1.54) is 71.5 Å². The van der Waals surface area contributed by atoms with E-state index in [9.17, 15) is 0 Å². The molecule has 0 radical (unpaired) electrons. The van der Waals surface area contributed by atoms with Gasteiger partial charge in [0.1, 0.15) is 0 Å². The molecule has 0 nitrogen and oxygen atoms in total. The fraction of sp³-hybridized carbons (Fsp3) is 0.451. The predicted octanol–water partition coefficient (Wildman–Crippen LogP) is 9.23. The second kappa shape index (κ2) is 14.5. The minimum absolute atomic E-state index is 0. The van der Waals surface area contributed by atoms with Gasteiger partial charge in [0.25, 0.3) is 0 Å². The number of benzene rings is 4. The van der Waals surface area contributed by atoms with Crippen molar-refractivity contribution in [2.24, 2.45) is 0 Å². The van der Waals surface area contributed by atoms with Crippen LogP contribution in [0.15, 0.2) is 83.9 Å². The van der Waals surface area contributed by atoms with Crippen molar-refractivity contribution in [3.8, 4) is 22.3 Å². The summed E-state index contributed by atoms with van der Waals surface area (Å²) in [6, 6.07) is 29.5. The molecule has 0 spiro atoms. The summed E-state index contributed by atoms with van der Waals surface area (Å²) in [7, 11) is 0. The molecule has 286 valence electrons. The Labute approximate surface area is 344 Å². The zero-order chi connectivity index (χ0) is 37.8. The molecule has 3 aliphatic rings. The first-order valence-corrected chi connectivity index (χ1v) is 24.1. The van der Waals surface area contributed by atoms with Crippen LogP contribution >= 0.6 is 0 Å². The Morgan fingerprint density at radius 2 is 0.778 bits per heavy atom. The maximum absolute atomic E-state index is 2.61. The summed E-state index contributed by atoms with van der Waals surface area (Å²) in [5, 5.41) is 0. The molecule has 1 fully saturated rings. The molecule has 54 heavy (non-hydrogen) atoms. The normalized spacial score (nSPS) is 18.6. The summed E-state index contributed by atoms with van der Waals surface area (Å²) < 4.78 is 4.13. The van der Waals surface area contributed by atoms with Crippen molar-refractivity contribution in [3.05, 3.63) is 128 Å². The monoisotopic (exact) mass is 794 g/mol. The number of rotatable bonds is 4. The van der Waals surface area contributed by atoms with Crippen LogP contribution < -0.4 is 24.8 Å². The van der Waals surface area contributed by atoms with Gasteiger partial charge >= 0.3 is 322 Å². The Morgan fingerprint density at radius 1 is 0.463 bits per heavy atom. The second-order valence-corrected chi connectivity index (χ2v) is 28.2. The first kappa shape index (κ1) is 42.8. The van der Waals surface area contributed by atoms with Crippen molar-refractivity contribution in [1.82, 2.24) is 0 Å². The number of allylic oxidation sites excluding steroid dienone is 2. The van der Waals surface area contributed by atoms with Crippen LogP contribution in [0.3, 0.4) is 0 Å². The van der Waals surface area contributed by atoms with E-state index in [0.717, 1.165) is 0 Å². The van der Waals surface area contributed by atoms with Gasteiger partial charge < -0.3 is 24.8 Å². The van der Waals surface area contributed by atoms with E-state index in [1.54, 1.807) is 22.3 Å². The Hall–Kier alpha value is -2.35. The summed E-state index contributed by atoms with van der Waals surface area (Å²) in [6.45, 7) is 33.2. The first-order chi connectivity index (χ1) is 24.1. The van der Waals surface area contributed by atoms with E-state index in [2.05, 4.69) is 182 Å². The SMILES string of the molecule is CC1=Cc2c(-c3cc(C(C)(C)C)cc(C(C)(C)C)c3)cccc2[CH]1[Ti+2]1([CH]2C(C)=Cc3c(-c4cc(C(C)(C)C)cc(C(C)(C)C)c4)cccc32)[CH2]C[CH2]1.[Cl-].[Cl-]. The summed E-state index contributed by atoms with van der Waals surface area (Å²) in [4.78, 5) is 0. The van der Waals surface area contributed by atoms with Crippen LogP contribution in [-0.4, -0.2) is 0 Å². The van der Waals surface area contributed by atoms with E-state index < -0.39 is 16.6 Å². The third-order valence-electron chi connectivity index (χ3n) is 12.9. The smallest absolute Gasteiger partial charge is 1.00 e. The van der Waals surface area contributed by atoms with Crippen LogP contribution in [-0.2, 0) is 38.2 Å². The molecule has 0 amide bonds. The summed E-state index contributed by atoms with van der Waals surface area (Å²) in [5.74, 6) is 0. The predicted molar refractivity (Wildman–Crippen MR) is 226 cm³/mol. The molecule has 7 rings (SSSR count). The summed E-state index contributed by atoms with van der Waals surface area (Å²) in [6.07, 6.45) is 6.61. The van der Waals surface area contributed by atoms with Gasteiger partial charge in [0.15, 0.2) is 0 Å². The van der Waals surface area contributed by atoms with Crippen LogP contribution in [0, 0.1) is 0 Å². The third-order valence-corrected chi connectivity index (χ3v) is 22.9. The van der Waals surface area contributed by atoms with E-state index >= 15 is 0 Å². The van der Waals surface area contributed by atoms with E-state index in [4.69, 9.17) is 0 Å². The van der Waals surface area contributed by atoms with Gasteiger partial charge in [-0.25, -0.2) is 0 Å². The largest absolute Gasteiger partial charge is 1.00 e. The molecular weight excluding hydrogens is 731 g/mol. The van der Waals surface area contributed by atoms with Crippen LogP contribution in [0.5, 0.6) is 0 Å². The molecule has 2 aliphatic carbocycles. The van der Waals surface area contributed by atoms with E-state index in [0.29, 0.717) is 8.45 Å². The summed E-state index contributed by atoms with van der Waals surface area (Å²) >= 11 is -2.57. The summed E-state index contributed by atoms with van der Waals surface area (Å²) in [5.41, 5.74) is 21.2. The molecule has 1 heterocycles. The second-order valence-electron chi connectivity index (χ2n) is 20.9. The standard InChI is InChI=1S/2C24H29.C3H6.2ClH.Ti/c2*1-16-11-17-9-8-10-21(22(17)12-16)18-13-19(23(2,3)4)15-20(14-18)24(5,6)7;1-3-2;;;/h2*8-15H,1-7H3;1-3H2;2*1H;/q;;;;;+2/p-2. The van der Waals surface area contributed by atoms with Crippen molar-refractivity contribution in [2.45, 2.75) is 143 Å². The molecule has 0 N–H and O–H groups in total. The molecule has 0 bridgehead atoms. The van der Waals surface area contributed by atoms with Gasteiger partial charge in [0, 0.05) is 0 Å². The third kappa shape index (κ3) is 7.44. The van der Waals surface area contributed by atoms with Crippen LogP contribution in [0.4, 0.5) is 0 Å². The molecule has 1 saturated heterocycles. The number of fused-ring (bicyclic) bond motifs is 2. The van der Waals surface area contributed by atoms with E-state index in [1.807, 2.05) is 0 Å². The quantitative estimate of drug-likeness (QED) is 0.181. The van der Waals surface area contributed by atoms with Gasteiger partial charge in [0.05, 0.1) is 0 Å². The van der Waals surface area contributed by atoms with Crippen LogP contribution in [0.25, 0.3) is 34.4 Å². The van der Waals surface area contributed by atoms with Crippen molar-refractivity contribution in [1.29, 1.82) is 0 Å². The Bertz CT molecular complexity index is 1920. The van der Waals surface area contributed by atoms with Crippen molar-refractivity contribution in [3.63, 3.8) is 0 Å². The van der Waals surface area contributed by atoms with Crippen LogP contribution in [0.2, 0.25) is 9.45 Å². The number of hydrogen-bond donors (Lipinski definition) is 0. The van der Waals surface area contributed by atoms with Gasteiger partial charge in [0.2, 0.25) is 0 Å². The molecule has 3 heteroatoms. The van der Waals surface area contributed by atoms with Crippen molar-refractivity contribution in [2.75, 3.05) is 0 Å². The molecule has 2 unspecified atom stereocenters. The Balaban J connectivity index is 0.00000280. The average Bonchev–Trinajstić information content (AvgIpc) is 3.54. The average molecular weight is 796 g/mol. The van der Waals surface area contributed by atoms with Gasteiger partial charge in [-0.3, -0.25) is 0 Å². The zero-order valence-corrected chi connectivity index (χ0v) is 38.7. The topological polar surface area (TPSA) is 0 Å². The van der Waals surface area contributed by atoms with Gasteiger partial charge in [-0.2, -0.15) is 0 Å². The fourth-order valence-electron chi connectivity index (χ4n) is 9.76. The molecule has 1 aliphatic heterocycles. The Kier molecular flexibility index (Phi) is 11.5. The maximum Gasteiger partial charge on any atom is -1.00 e. The number of halogens is 2. The van der Waals surface area contributed by atoms with Gasteiger partial charge in [-0.15, -0.1) is 0 Å². The molecule has 2 atom stereocenters. The molecule has 4 aromatic rings. The van der Waals surface area contributed by atoms with Crippen molar-refractivity contribution < 1.29 is 41.4 Å². The maximum atomic E-state index is 2.61. The molecular formula is C51H64Cl2Ti. The van der Waals surface area contributed by atoms with Gasteiger partial charge in [-0.1, -0.05) is 0 Å². The van der Waals surface area contributed by atoms with E-state index in [-0.39, 0.29) is 46.5 Å². The first-order valence-electron chi connectivity index (χ1n) is 20.0. The fourth-order valence-corrected chi connectivity index (χ4v) is 19.7. The molecule has 0 saturated carbocycles. The van der Waals surface area contributed by atoms with Gasteiger partial charge in [-0.05, 0) is 0 Å². The minimum Gasteiger partial charge on any atom is -1.00 e. The molecule has 0 aromatic heterocycles. The molecule has 4 aromatic carbocycles.